The summed E-state index contributed by atoms with van der Waals surface area (Å²) in [7, 11) is 0. The van der Waals surface area contributed by atoms with Crippen molar-refractivity contribution in [3.8, 4) is 0 Å². The van der Waals surface area contributed by atoms with Gasteiger partial charge in [-0.15, -0.1) is 11.6 Å². The number of para-hydroxylation sites is 1. The smallest absolute Gasteiger partial charge is 0.193 e. The van der Waals surface area contributed by atoms with Gasteiger partial charge in [-0.25, -0.2) is 0 Å². The molecule has 2 aliphatic heterocycles. The molecule has 0 N–H and O–H groups in total. The van der Waals surface area contributed by atoms with Crippen LogP contribution in [0.2, 0.25) is 0 Å². The van der Waals surface area contributed by atoms with E-state index in [1.165, 1.54) is 0 Å². The quantitative estimate of drug-likeness (QED) is 0.587. The van der Waals surface area contributed by atoms with E-state index in [1.54, 1.807) is 0 Å². The van der Waals surface area contributed by atoms with Crippen molar-refractivity contribution < 1.29 is 4.79 Å². The minimum Gasteiger partial charge on any atom is -0.291 e. The number of benzene rings is 2. The molecule has 0 radical (unpaired) electrons. The van der Waals surface area contributed by atoms with Gasteiger partial charge in [-0.2, -0.15) is 5.10 Å². The van der Waals surface area contributed by atoms with E-state index in [1.807, 2.05) is 47.5 Å². The molecule has 122 valence electrons. The van der Waals surface area contributed by atoms with Crippen LogP contribution >= 0.6 is 11.6 Å². The number of nitrogens with zero attached hydrogens (tertiary/aromatic N) is 2. The molecule has 3 nitrogen and oxygen atoms in total. The Morgan fingerprint density at radius 3 is 2.58 bits per heavy atom. The number of unbranched alkanes of at least 4 members (excludes halogenated alkanes) is 1. The predicted octanol–water partition coefficient (Wildman–Crippen LogP) is 4.65. The van der Waals surface area contributed by atoms with Gasteiger partial charge < -0.3 is 0 Å². The first-order valence-corrected chi connectivity index (χ1v) is 8.93. The van der Waals surface area contributed by atoms with Crippen molar-refractivity contribution >= 4 is 28.8 Å². The van der Waals surface area contributed by atoms with Gasteiger partial charge in [0.2, 0.25) is 0 Å². The molecule has 0 bridgehead atoms. The van der Waals surface area contributed by atoms with Gasteiger partial charge >= 0.3 is 0 Å². The summed E-state index contributed by atoms with van der Waals surface area (Å²) in [6.07, 6.45) is 3.29. The topological polar surface area (TPSA) is 32.7 Å². The van der Waals surface area contributed by atoms with E-state index < -0.39 is 5.54 Å². The second-order valence-electron chi connectivity index (χ2n) is 6.43. The first-order chi connectivity index (χ1) is 11.8. The molecule has 2 heterocycles. The molecule has 2 aliphatic rings. The van der Waals surface area contributed by atoms with Gasteiger partial charge in [0.1, 0.15) is 5.54 Å². The van der Waals surface area contributed by atoms with Crippen molar-refractivity contribution in [3.63, 3.8) is 0 Å². The van der Waals surface area contributed by atoms with E-state index in [0.717, 1.165) is 41.8 Å². The Morgan fingerprint density at radius 1 is 1.04 bits per heavy atom. The van der Waals surface area contributed by atoms with Crippen molar-refractivity contribution in [1.82, 2.24) is 0 Å². The number of halogens is 1. The van der Waals surface area contributed by atoms with Gasteiger partial charge in [-0.1, -0.05) is 42.5 Å². The van der Waals surface area contributed by atoms with Crippen molar-refractivity contribution in [3.05, 3.63) is 65.7 Å². The Labute approximate surface area is 146 Å². The van der Waals surface area contributed by atoms with Crippen LogP contribution in [0, 0.1) is 0 Å². The van der Waals surface area contributed by atoms with Crippen LogP contribution in [0.15, 0.2) is 59.7 Å². The molecule has 2 aromatic rings. The van der Waals surface area contributed by atoms with Crippen LogP contribution in [0.4, 0.5) is 5.69 Å². The summed E-state index contributed by atoms with van der Waals surface area (Å²) in [6.45, 7) is 0. The summed E-state index contributed by atoms with van der Waals surface area (Å²) in [5, 5.41) is 6.83. The lowest BCUT2D eigenvalue weighted by atomic mass is 9.83. The highest BCUT2D eigenvalue weighted by molar-refractivity contribution is 6.20. The first-order valence-electron chi connectivity index (χ1n) is 8.39. The molecule has 4 heteroatoms. The molecule has 4 rings (SSSR count). The number of hydrogen-bond donors (Lipinski definition) is 0. The summed E-state index contributed by atoms with van der Waals surface area (Å²) >= 11 is 5.85. The van der Waals surface area contributed by atoms with E-state index in [4.69, 9.17) is 16.7 Å². The largest absolute Gasteiger partial charge is 0.291 e. The molecular weight excluding hydrogens is 320 g/mol. The Hall–Kier alpha value is -2.13. The monoisotopic (exact) mass is 338 g/mol. The predicted molar refractivity (Wildman–Crippen MR) is 98.1 cm³/mol. The number of anilines is 1. The van der Waals surface area contributed by atoms with E-state index >= 15 is 0 Å². The summed E-state index contributed by atoms with van der Waals surface area (Å²) in [4.78, 5) is 13.2. The number of fused-ring (bicyclic) bond motifs is 3. The number of carbonyl (C=O) groups excluding carboxylic acids is 1. The lowest BCUT2D eigenvalue weighted by Gasteiger charge is -2.29. The SMILES string of the molecule is O=C1c2ccccc2N2N=C(c3ccccc3)CC12CCCCCl. The summed E-state index contributed by atoms with van der Waals surface area (Å²) < 4.78 is 0. The molecular formula is C20H19ClN2O. The molecule has 1 atom stereocenters. The maximum atomic E-state index is 13.2. The standard InChI is InChI=1S/C20H19ClN2O/c21-13-7-6-12-20-14-17(15-8-2-1-3-9-15)22-23(20)18-11-5-4-10-16(18)19(20)24/h1-5,8-11H,6-7,12-14H2. The summed E-state index contributed by atoms with van der Waals surface area (Å²) in [6, 6.07) is 17.9. The number of hydrogen-bond acceptors (Lipinski definition) is 3. The fourth-order valence-corrected chi connectivity index (χ4v) is 3.96. The average molecular weight is 339 g/mol. The summed E-state index contributed by atoms with van der Waals surface area (Å²) in [5.41, 5.74) is 3.23. The fourth-order valence-electron chi connectivity index (χ4n) is 3.78. The normalized spacial score (nSPS) is 21.6. The molecule has 24 heavy (non-hydrogen) atoms. The van der Waals surface area contributed by atoms with Crippen LogP contribution in [0.1, 0.15) is 41.6 Å². The second kappa shape index (κ2) is 6.06. The van der Waals surface area contributed by atoms with Crippen LogP contribution in [0.3, 0.4) is 0 Å². The molecule has 0 aliphatic carbocycles. The van der Waals surface area contributed by atoms with Gasteiger partial charge in [-0.3, -0.25) is 9.80 Å². The Kier molecular flexibility index (Phi) is 3.89. The summed E-state index contributed by atoms with van der Waals surface area (Å²) in [5.74, 6) is 0.825. The first kappa shape index (κ1) is 15.4. The third-order valence-corrected chi connectivity index (χ3v) is 5.23. The highest BCUT2D eigenvalue weighted by atomic mass is 35.5. The minimum absolute atomic E-state index is 0.197. The van der Waals surface area contributed by atoms with Crippen LogP contribution in [-0.4, -0.2) is 22.9 Å². The molecule has 0 amide bonds. The van der Waals surface area contributed by atoms with Gasteiger partial charge in [-0.05, 0) is 37.0 Å². The van der Waals surface area contributed by atoms with Crippen molar-refractivity contribution in [2.45, 2.75) is 31.2 Å². The minimum atomic E-state index is -0.569. The fraction of sp³-hybridized carbons (Fsp3) is 0.300. The van der Waals surface area contributed by atoms with Crippen LogP contribution in [-0.2, 0) is 0 Å². The van der Waals surface area contributed by atoms with Gasteiger partial charge in [0, 0.05) is 17.9 Å². The zero-order valence-corrected chi connectivity index (χ0v) is 14.2. The molecule has 2 aromatic carbocycles. The van der Waals surface area contributed by atoms with Crippen LogP contribution < -0.4 is 5.01 Å². The Morgan fingerprint density at radius 2 is 1.79 bits per heavy atom. The van der Waals surface area contributed by atoms with Crippen molar-refractivity contribution in [2.24, 2.45) is 5.10 Å². The molecule has 0 saturated carbocycles. The second-order valence-corrected chi connectivity index (χ2v) is 6.80. The molecule has 0 saturated heterocycles. The van der Waals surface area contributed by atoms with Crippen LogP contribution in [0.5, 0.6) is 0 Å². The molecule has 0 fully saturated rings. The maximum absolute atomic E-state index is 13.2. The number of ketones is 1. The Balaban J connectivity index is 1.76. The number of hydrazone groups is 1. The zero-order chi connectivity index (χ0) is 16.6. The lowest BCUT2D eigenvalue weighted by Crippen LogP contribution is -2.45. The number of alkyl halides is 1. The van der Waals surface area contributed by atoms with Crippen molar-refractivity contribution in [2.75, 3.05) is 10.9 Å². The third kappa shape index (κ3) is 2.27. The number of rotatable bonds is 5. The van der Waals surface area contributed by atoms with E-state index in [0.29, 0.717) is 12.3 Å². The number of carbonyl (C=O) groups is 1. The molecule has 1 unspecified atom stereocenters. The highest BCUT2D eigenvalue weighted by Gasteiger charge is 2.54. The lowest BCUT2D eigenvalue weighted by molar-refractivity contribution is 0.0900. The van der Waals surface area contributed by atoms with Crippen LogP contribution in [0.25, 0.3) is 0 Å². The molecule has 0 aromatic heterocycles. The average Bonchev–Trinajstić information content (AvgIpc) is 3.11. The maximum Gasteiger partial charge on any atom is 0.193 e. The molecule has 0 spiro atoms. The Bertz CT molecular complexity index is 802. The highest BCUT2D eigenvalue weighted by Crippen LogP contribution is 2.47. The van der Waals surface area contributed by atoms with E-state index in [-0.39, 0.29) is 5.78 Å². The third-order valence-electron chi connectivity index (χ3n) is 4.97. The van der Waals surface area contributed by atoms with Gasteiger partial charge in [0.15, 0.2) is 5.78 Å². The van der Waals surface area contributed by atoms with Crippen molar-refractivity contribution in [1.29, 1.82) is 0 Å². The zero-order valence-electron chi connectivity index (χ0n) is 13.4. The van der Waals surface area contributed by atoms with Gasteiger partial charge in [0.25, 0.3) is 0 Å². The van der Waals surface area contributed by atoms with E-state index in [9.17, 15) is 4.79 Å². The van der Waals surface area contributed by atoms with Gasteiger partial charge in [0.05, 0.1) is 11.4 Å². The van der Waals surface area contributed by atoms with E-state index in [2.05, 4.69) is 12.1 Å². The number of Topliss-reactive ketones (excluding diaryl/α,β-unsaturated/α-hetero) is 1.